The molecule has 0 spiro atoms. The monoisotopic (exact) mass is 225 g/mol. The third-order valence-corrected chi connectivity index (χ3v) is 2.61. The minimum atomic E-state index is 0.322. The summed E-state index contributed by atoms with van der Waals surface area (Å²) in [5, 5.41) is 7.27. The van der Waals surface area contributed by atoms with Gasteiger partial charge in [0.2, 0.25) is 5.89 Å². The van der Waals surface area contributed by atoms with Crippen LogP contribution in [0.2, 0.25) is 0 Å². The molecule has 0 bridgehead atoms. The molecular weight excluding hydrogens is 206 g/mol. The summed E-state index contributed by atoms with van der Waals surface area (Å²) in [5.74, 6) is 2.41. The third-order valence-electron chi connectivity index (χ3n) is 2.61. The van der Waals surface area contributed by atoms with Gasteiger partial charge in [-0.25, -0.2) is 0 Å². The van der Waals surface area contributed by atoms with Crippen molar-refractivity contribution in [2.45, 2.75) is 32.7 Å². The van der Waals surface area contributed by atoms with Crippen LogP contribution in [-0.2, 0) is 11.3 Å². The molecule has 0 aliphatic carbocycles. The van der Waals surface area contributed by atoms with Crippen LogP contribution in [0.5, 0.6) is 0 Å². The Bertz CT molecular complexity index is 319. The van der Waals surface area contributed by atoms with E-state index in [9.17, 15) is 0 Å². The van der Waals surface area contributed by atoms with Gasteiger partial charge in [0.25, 0.3) is 0 Å². The quantitative estimate of drug-likeness (QED) is 0.819. The van der Waals surface area contributed by atoms with Gasteiger partial charge in [-0.15, -0.1) is 0 Å². The average Bonchev–Trinajstić information content (AvgIpc) is 2.85. The van der Waals surface area contributed by atoms with Crippen LogP contribution in [0.3, 0.4) is 0 Å². The molecule has 5 nitrogen and oxygen atoms in total. The Hall–Kier alpha value is -0.940. The maximum atomic E-state index is 5.30. The van der Waals surface area contributed by atoms with Gasteiger partial charge in [0.1, 0.15) is 0 Å². The van der Waals surface area contributed by atoms with E-state index in [1.54, 1.807) is 0 Å². The molecule has 1 aliphatic heterocycles. The summed E-state index contributed by atoms with van der Waals surface area (Å²) in [6, 6.07) is 0. The van der Waals surface area contributed by atoms with E-state index in [1.165, 1.54) is 0 Å². The second kappa shape index (κ2) is 5.41. The molecule has 1 atom stereocenters. The van der Waals surface area contributed by atoms with E-state index in [1.807, 2.05) is 0 Å². The number of nitrogens with one attached hydrogen (secondary N) is 1. The van der Waals surface area contributed by atoms with E-state index in [2.05, 4.69) is 29.3 Å². The van der Waals surface area contributed by atoms with Crippen LogP contribution >= 0.6 is 0 Å². The van der Waals surface area contributed by atoms with E-state index >= 15 is 0 Å². The van der Waals surface area contributed by atoms with E-state index < -0.39 is 0 Å². The largest absolute Gasteiger partial charge is 0.381 e. The van der Waals surface area contributed by atoms with Gasteiger partial charge in [0.15, 0.2) is 5.82 Å². The summed E-state index contributed by atoms with van der Waals surface area (Å²) in [6.07, 6.45) is 0.998. The van der Waals surface area contributed by atoms with E-state index in [-0.39, 0.29) is 0 Å². The molecule has 5 heteroatoms. The highest BCUT2D eigenvalue weighted by molar-refractivity contribution is 4.97. The average molecular weight is 225 g/mol. The topological polar surface area (TPSA) is 60.2 Å². The van der Waals surface area contributed by atoms with Gasteiger partial charge in [-0.1, -0.05) is 19.0 Å². The number of ether oxygens (including phenoxy) is 1. The minimum Gasteiger partial charge on any atom is -0.381 e. The number of rotatable bonds is 5. The van der Waals surface area contributed by atoms with Gasteiger partial charge >= 0.3 is 0 Å². The van der Waals surface area contributed by atoms with Crippen LogP contribution in [0.1, 0.15) is 37.9 Å². The summed E-state index contributed by atoms with van der Waals surface area (Å²) < 4.78 is 10.5. The highest BCUT2D eigenvalue weighted by Gasteiger charge is 2.22. The van der Waals surface area contributed by atoms with Gasteiger partial charge in [-0.05, 0) is 18.9 Å². The van der Waals surface area contributed by atoms with Crippen LogP contribution in [0, 0.1) is 5.92 Å². The van der Waals surface area contributed by atoms with Gasteiger partial charge < -0.3 is 14.6 Å². The van der Waals surface area contributed by atoms with Gasteiger partial charge in [-0.3, -0.25) is 0 Å². The molecule has 16 heavy (non-hydrogen) atoms. The molecule has 1 N–H and O–H groups in total. The molecule has 2 heterocycles. The standard InChI is InChI=1S/C11H19N3O2/c1-8(2)5-12-6-10-13-11(14-16-10)9-3-4-15-7-9/h8-9,12H,3-7H2,1-2H3. The maximum absolute atomic E-state index is 5.30. The second-order valence-corrected chi connectivity index (χ2v) is 4.63. The zero-order valence-electron chi connectivity index (χ0n) is 9.90. The Balaban J connectivity index is 1.82. The molecule has 0 radical (unpaired) electrons. The lowest BCUT2D eigenvalue weighted by Gasteiger charge is -2.03. The third kappa shape index (κ3) is 3.02. The Morgan fingerprint density at radius 2 is 2.38 bits per heavy atom. The fourth-order valence-electron chi connectivity index (χ4n) is 1.71. The zero-order chi connectivity index (χ0) is 11.4. The fourth-order valence-corrected chi connectivity index (χ4v) is 1.71. The molecule has 1 aromatic heterocycles. The van der Waals surface area contributed by atoms with Crippen LogP contribution in [-0.4, -0.2) is 29.9 Å². The highest BCUT2D eigenvalue weighted by atomic mass is 16.5. The van der Waals surface area contributed by atoms with Gasteiger partial charge in [0.05, 0.1) is 13.2 Å². The van der Waals surface area contributed by atoms with Crippen molar-refractivity contribution in [2.24, 2.45) is 5.92 Å². The Morgan fingerprint density at radius 3 is 3.06 bits per heavy atom. The van der Waals surface area contributed by atoms with Gasteiger partial charge in [-0.2, -0.15) is 4.98 Å². The molecule has 0 aromatic carbocycles. The predicted octanol–water partition coefficient (Wildman–Crippen LogP) is 1.32. The molecule has 2 rings (SSSR count). The SMILES string of the molecule is CC(C)CNCc1nc(C2CCOC2)no1. The predicted molar refractivity (Wildman–Crippen MR) is 59.0 cm³/mol. The smallest absolute Gasteiger partial charge is 0.240 e. The number of aromatic nitrogens is 2. The first kappa shape index (κ1) is 11.5. The van der Waals surface area contributed by atoms with Crippen LogP contribution in [0.15, 0.2) is 4.52 Å². The van der Waals surface area contributed by atoms with Crippen molar-refractivity contribution in [3.63, 3.8) is 0 Å². The lowest BCUT2D eigenvalue weighted by atomic mass is 10.1. The van der Waals surface area contributed by atoms with E-state index in [0.29, 0.717) is 24.3 Å². The summed E-state index contributed by atoms with van der Waals surface area (Å²) >= 11 is 0. The summed E-state index contributed by atoms with van der Waals surface area (Å²) in [4.78, 5) is 4.37. The van der Waals surface area contributed by atoms with E-state index in [4.69, 9.17) is 9.26 Å². The summed E-state index contributed by atoms with van der Waals surface area (Å²) in [5.41, 5.74) is 0. The first-order valence-electron chi connectivity index (χ1n) is 5.86. The first-order valence-corrected chi connectivity index (χ1v) is 5.86. The molecule has 0 amide bonds. The molecule has 1 saturated heterocycles. The van der Waals surface area contributed by atoms with Crippen molar-refractivity contribution in [3.8, 4) is 0 Å². The van der Waals surface area contributed by atoms with Crippen molar-refractivity contribution in [2.75, 3.05) is 19.8 Å². The number of nitrogens with zero attached hydrogens (tertiary/aromatic N) is 2. The molecule has 1 aromatic rings. The Kier molecular flexibility index (Phi) is 3.90. The second-order valence-electron chi connectivity index (χ2n) is 4.63. The van der Waals surface area contributed by atoms with Crippen LogP contribution < -0.4 is 5.32 Å². The van der Waals surface area contributed by atoms with Crippen LogP contribution in [0.4, 0.5) is 0 Å². The van der Waals surface area contributed by atoms with Crippen molar-refractivity contribution >= 4 is 0 Å². The van der Waals surface area contributed by atoms with Crippen molar-refractivity contribution < 1.29 is 9.26 Å². The maximum Gasteiger partial charge on any atom is 0.240 e. The molecule has 1 aliphatic rings. The lowest BCUT2D eigenvalue weighted by Crippen LogP contribution is -2.19. The number of hydrogen-bond acceptors (Lipinski definition) is 5. The minimum absolute atomic E-state index is 0.322. The molecule has 0 saturated carbocycles. The van der Waals surface area contributed by atoms with Crippen molar-refractivity contribution in [3.05, 3.63) is 11.7 Å². The lowest BCUT2D eigenvalue weighted by molar-refractivity contribution is 0.192. The Morgan fingerprint density at radius 1 is 1.50 bits per heavy atom. The first-order chi connectivity index (χ1) is 7.75. The van der Waals surface area contributed by atoms with Crippen molar-refractivity contribution in [1.29, 1.82) is 0 Å². The highest BCUT2D eigenvalue weighted by Crippen LogP contribution is 2.22. The number of hydrogen-bond donors (Lipinski definition) is 1. The Labute approximate surface area is 95.6 Å². The van der Waals surface area contributed by atoms with Crippen molar-refractivity contribution in [1.82, 2.24) is 15.5 Å². The normalized spacial score (nSPS) is 20.8. The molecular formula is C11H19N3O2. The summed E-state index contributed by atoms with van der Waals surface area (Å²) in [6.45, 7) is 7.48. The molecule has 1 unspecified atom stereocenters. The summed E-state index contributed by atoms with van der Waals surface area (Å²) in [7, 11) is 0. The van der Waals surface area contributed by atoms with E-state index in [0.717, 1.165) is 32.0 Å². The fraction of sp³-hybridized carbons (Fsp3) is 0.818. The molecule has 90 valence electrons. The zero-order valence-corrected chi connectivity index (χ0v) is 9.90. The van der Waals surface area contributed by atoms with Gasteiger partial charge in [0, 0.05) is 12.5 Å². The van der Waals surface area contributed by atoms with Crippen LogP contribution in [0.25, 0.3) is 0 Å². The molecule has 1 fully saturated rings.